The van der Waals surface area contributed by atoms with Crippen LogP contribution in [0, 0.1) is 0 Å². The molecule has 1 heterocycles. The van der Waals surface area contributed by atoms with Gasteiger partial charge >= 0.3 is 12.6 Å². The Bertz CT molecular complexity index is 860. The zero-order valence-corrected chi connectivity index (χ0v) is 14.8. The molecule has 0 unspecified atom stereocenters. The molecular formula is C19H17F2NO6. The Kier molecular flexibility index (Phi) is 5.93. The number of ether oxygens (including phenoxy) is 4. The number of alkyl halides is 2. The van der Waals surface area contributed by atoms with Crippen molar-refractivity contribution in [1.82, 2.24) is 0 Å². The van der Waals surface area contributed by atoms with E-state index in [0.29, 0.717) is 11.5 Å². The van der Waals surface area contributed by atoms with Gasteiger partial charge in [-0.2, -0.15) is 8.78 Å². The second-order valence-corrected chi connectivity index (χ2v) is 5.81. The molecule has 9 heteroatoms. The van der Waals surface area contributed by atoms with Crippen LogP contribution < -0.4 is 19.5 Å². The van der Waals surface area contributed by atoms with Gasteiger partial charge < -0.3 is 24.3 Å². The van der Waals surface area contributed by atoms with Gasteiger partial charge in [-0.3, -0.25) is 4.79 Å². The summed E-state index contributed by atoms with van der Waals surface area (Å²) in [6.45, 7) is -1.75. The van der Waals surface area contributed by atoms with Crippen molar-refractivity contribution in [2.45, 2.75) is 25.7 Å². The first-order valence-electron chi connectivity index (χ1n) is 8.37. The molecule has 0 radical (unpaired) electrons. The van der Waals surface area contributed by atoms with Gasteiger partial charge in [0.2, 0.25) is 6.10 Å². The largest absolute Gasteiger partial charge is 0.485 e. The minimum Gasteiger partial charge on any atom is -0.485 e. The van der Waals surface area contributed by atoms with Crippen molar-refractivity contribution in [3.8, 4) is 17.2 Å². The Morgan fingerprint density at radius 1 is 1.11 bits per heavy atom. The van der Waals surface area contributed by atoms with E-state index < -0.39 is 30.7 Å². The summed E-state index contributed by atoms with van der Waals surface area (Å²) in [7, 11) is 0. The number of amides is 1. The molecule has 1 aliphatic heterocycles. The van der Waals surface area contributed by atoms with E-state index in [2.05, 4.69) is 10.1 Å². The lowest BCUT2D eigenvalue weighted by Crippen LogP contribution is -2.41. The summed E-state index contributed by atoms with van der Waals surface area (Å²) < 4.78 is 45.3. The number of esters is 1. The van der Waals surface area contributed by atoms with Crippen molar-refractivity contribution in [3.63, 3.8) is 0 Å². The lowest BCUT2D eigenvalue weighted by molar-refractivity contribution is -0.162. The van der Waals surface area contributed by atoms with Crippen molar-refractivity contribution in [2.75, 3.05) is 11.9 Å². The van der Waals surface area contributed by atoms with Crippen LogP contribution in [0.15, 0.2) is 48.5 Å². The molecule has 2 atom stereocenters. The molecule has 1 N–H and O–H groups in total. The molecular weight excluding hydrogens is 376 g/mol. The standard InChI is InChI=1S/C19H17F2NO6/c1-11(17(23)22-12-6-2-3-7-13(12)28-19(20)21)26-18(24)16-10-25-14-8-4-5-9-15(14)27-16/h2-9,11,16,19H,10H2,1H3,(H,22,23)/t11-,16+/m0/s1. The predicted molar refractivity (Wildman–Crippen MR) is 93.6 cm³/mol. The van der Waals surface area contributed by atoms with Gasteiger partial charge in [-0.05, 0) is 31.2 Å². The number of hydrogen-bond acceptors (Lipinski definition) is 6. The highest BCUT2D eigenvalue weighted by atomic mass is 19.3. The van der Waals surface area contributed by atoms with Crippen LogP contribution in [0.4, 0.5) is 14.5 Å². The van der Waals surface area contributed by atoms with Crippen LogP contribution in [0.3, 0.4) is 0 Å². The van der Waals surface area contributed by atoms with Crippen molar-refractivity contribution >= 4 is 17.6 Å². The molecule has 2 aromatic carbocycles. The van der Waals surface area contributed by atoms with E-state index in [0.717, 1.165) is 0 Å². The second-order valence-electron chi connectivity index (χ2n) is 5.81. The van der Waals surface area contributed by atoms with Crippen molar-refractivity contribution in [1.29, 1.82) is 0 Å². The average Bonchev–Trinajstić information content (AvgIpc) is 2.68. The van der Waals surface area contributed by atoms with Gasteiger partial charge in [0.25, 0.3) is 5.91 Å². The fraction of sp³-hybridized carbons (Fsp3) is 0.263. The number of rotatable bonds is 6. The minimum atomic E-state index is -3.04. The van der Waals surface area contributed by atoms with Gasteiger partial charge in [0, 0.05) is 0 Å². The Labute approximate surface area is 159 Å². The summed E-state index contributed by atoms with van der Waals surface area (Å²) in [5.74, 6) is -0.797. The maximum atomic E-state index is 12.4. The Morgan fingerprint density at radius 3 is 2.54 bits per heavy atom. The zero-order chi connectivity index (χ0) is 20.1. The van der Waals surface area contributed by atoms with Crippen LogP contribution in [0.2, 0.25) is 0 Å². The molecule has 1 aliphatic rings. The molecule has 28 heavy (non-hydrogen) atoms. The SMILES string of the molecule is C[C@H](OC(=O)[C@H]1COc2ccccc2O1)C(=O)Nc1ccccc1OC(F)F. The summed E-state index contributed by atoms with van der Waals surface area (Å²) in [6, 6.07) is 12.5. The van der Waals surface area contributed by atoms with Gasteiger partial charge in [-0.1, -0.05) is 24.3 Å². The molecule has 0 bridgehead atoms. The summed E-state index contributed by atoms with van der Waals surface area (Å²) in [5, 5.41) is 2.39. The van der Waals surface area contributed by atoms with Crippen LogP contribution >= 0.6 is 0 Å². The van der Waals surface area contributed by atoms with Gasteiger partial charge in [-0.15, -0.1) is 0 Å². The number of halogens is 2. The Hall–Kier alpha value is -3.36. The fourth-order valence-corrected chi connectivity index (χ4v) is 2.44. The number of carbonyl (C=O) groups is 2. The van der Waals surface area contributed by atoms with Gasteiger partial charge in [0.1, 0.15) is 12.4 Å². The van der Waals surface area contributed by atoms with Crippen LogP contribution in [0.25, 0.3) is 0 Å². The lowest BCUT2D eigenvalue weighted by atomic mass is 10.2. The number of fused-ring (bicyclic) bond motifs is 1. The first kappa shape index (κ1) is 19.4. The molecule has 0 spiro atoms. The summed E-state index contributed by atoms with van der Waals surface area (Å²) in [4.78, 5) is 24.5. The van der Waals surface area contributed by atoms with E-state index in [1.165, 1.54) is 31.2 Å². The monoisotopic (exact) mass is 393 g/mol. The van der Waals surface area contributed by atoms with E-state index in [1.807, 2.05) is 0 Å². The van der Waals surface area contributed by atoms with E-state index in [-0.39, 0.29) is 18.0 Å². The number of anilines is 1. The highest BCUT2D eigenvalue weighted by molar-refractivity contribution is 5.96. The average molecular weight is 393 g/mol. The van der Waals surface area contributed by atoms with E-state index in [9.17, 15) is 18.4 Å². The van der Waals surface area contributed by atoms with E-state index >= 15 is 0 Å². The van der Waals surface area contributed by atoms with Gasteiger partial charge in [-0.25, -0.2) is 4.79 Å². The molecule has 0 saturated carbocycles. The van der Waals surface area contributed by atoms with Crippen LogP contribution in [0.1, 0.15) is 6.92 Å². The van der Waals surface area contributed by atoms with Crippen LogP contribution in [0.5, 0.6) is 17.2 Å². The van der Waals surface area contributed by atoms with Crippen LogP contribution in [-0.4, -0.2) is 37.3 Å². The molecule has 0 aliphatic carbocycles. The van der Waals surface area contributed by atoms with E-state index in [1.54, 1.807) is 24.3 Å². The Morgan fingerprint density at radius 2 is 1.79 bits per heavy atom. The third-order valence-corrected chi connectivity index (χ3v) is 3.79. The third kappa shape index (κ3) is 4.67. The number of hydrogen-bond donors (Lipinski definition) is 1. The maximum Gasteiger partial charge on any atom is 0.387 e. The zero-order valence-electron chi connectivity index (χ0n) is 14.8. The molecule has 7 nitrogen and oxygen atoms in total. The predicted octanol–water partition coefficient (Wildman–Crippen LogP) is 3.00. The number of nitrogens with one attached hydrogen (secondary N) is 1. The molecule has 1 amide bonds. The molecule has 0 saturated heterocycles. The molecule has 0 aromatic heterocycles. The van der Waals surface area contributed by atoms with Crippen molar-refractivity contribution in [2.24, 2.45) is 0 Å². The number of para-hydroxylation sites is 4. The highest BCUT2D eigenvalue weighted by Gasteiger charge is 2.31. The molecule has 0 fully saturated rings. The normalized spacial score (nSPS) is 16.2. The Balaban J connectivity index is 1.58. The van der Waals surface area contributed by atoms with Crippen molar-refractivity contribution in [3.05, 3.63) is 48.5 Å². The smallest absolute Gasteiger partial charge is 0.387 e. The first-order chi connectivity index (χ1) is 13.4. The number of benzene rings is 2. The van der Waals surface area contributed by atoms with Gasteiger partial charge in [0.05, 0.1) is 5.69 Å². The summed E-state index contributed by atoms with van der Waals surface area (Å²) in [6.07, 6.45) is -2.23. The quantitative estimate of drug-likeness (QED) is 0.760. The topological polar surface area (TPSA) is 83.1 Å². The lowest BCUT2D eigenvalue weighted by Gasteiger charge is -2.26. The second kappa shape index (κ2) is 8.55. The molecule has 148 valence electrons. The minimum absolute atomic E-state index is 0.0295. The summed E-state index contributed by atoms with van der Waals surface area (Å²) in [5.41, 5.74) is 0.0295. The van der Waals surface area contributed by atoms with Crippen molar-refractivity contribution < 1.29 is 37.3 Å². The molecule has 3 rings (SSSR count). The first-order valence-corrected chi connectivity index (χ1v) is 8.37. The fourth-order valence-electron chi connectivity index (χ4n) is 2.44. The number of carbonyl (C=O) groups excluding carboxylic acids is 2. The summed E-state index contributed by atoms with van der Waals surface area (Å²) >= 11 is 0. The third-order valence-electron chi connectivity index (χ3n) is 3.79. The van der Waals surface area contributed by atoms with Crippen LogP contribution in [-0.2, 0) is 14.3 Å². The molecule has 2 aromatic rings. The maximum absolute atomic E-state index is 12.4. The highest BCUT2D eigenvalue weighted by Crippen LogP contribution is 2.31. The van der Waals surface area contributed by atoms with Gasteiger partial charge in [0.15, 0.2) is 17.6 Å². The van der Waals surface area contributed by atoms with E-state index in [4.69, 9.17) is 14.2 Å².